The third-order valence-corrected chi connectivity index (χ3v) is 10.1. The Kier molecular flexibility index (Phi) is 9.12. The van der Waals surface area contributed by atoms with Crippen LogP contribution < -0.4 is 17.0 Å². The second-order valence-electron chi connectivity index (χ2n) is 11.6. The number of piperidine rings is 1. The smallest absolute Gasteiger partial charge is 0.364 e. The number of alkyl halides is 3. The lowest BCUT2D eigenvalue weighted by Crippen LogP contribution is -2.50. The van der Waals surface area contributed by atoms with Gasteiger partial charge in [-0.3, -0.25) is 13.9 Å². The average molecular weight is 654 g/mol. The number of fused-ring (bicyclic) bond motifs is 2. The Morgan fingerprint density at radius 3 is 2.33 bits per heavy atom. The summed E-state index contributed by atoms with van der Waals surface area (Å²) in [6, 6.07) is 10.6. The highest BCUT2D eigenvalue weighted by Gasteiger charge is 2.47. The third kappa shape index (κ3) is 6.63. The Labute approximate surface area is 257 Å². The van der Waals surface area contributed by atoms with Crippen LogP contribution in [0.2, 0.25) is 0 Å². The Morgan fingerprint density at radius 1 is 1.04 bits per heavy atom. The van der Waals surface area contributed by atoms with E-state index in [0.717, 1.165) is 33.6 Å². The van der Waals surface area contributed by atoms with Crippen molar-refractivity contribution in [3.8, 4) is 0 Å². The molecule has 15 heteroatoms. The number of aromatic nitrogens is 2. The van der Waals surface area contributed by atoms with Gasteiger partial charge >= 0.3 is 11.9 Å². The number of nitrogens with zero attached hydrogens (tertiary/aromatic N) is 4. The first-order valence-corrected chi connectivity index (χ1v) is 16.3. The van der Waals surface area contributed by atoms with E-state index in [9.17, 15) is 35.6 Å². The highest BCUT2D eigenvalue weighted by Crippen LogP contribution is 2.42. The van der Waals surface area contributed by atoms with Crippen molar-refractivity contribution in [2.75, 3.05) is 39.5 Å². The van der Waals surface area contributed by atoms with Crippen LogP contribution in [0.5, 0.6) is 0 Å². The molecule has 0 unspecified atom stereocenters. The standard InChI is InChI=1S/C30H35F4N5O5S/c1-36(45(2,42)43)15-16-37-13-11-29(12-14-37)26-25(19-44-29)38(17-21-22(30(32,33)34)9-6-10-23(21)31)28(41)39(27(26)40)18-24(35)20-7-4-3-5-8-20/h3-10,24H,11-19,35H2,1-2H3/t24-/m0/s1. The van der Waals surface area contributed by atoms with Crippen molar-refractivity contribution in [3.05, 3.63) is 103 Å². The zero-order chi connectivity index (χ0) is 32.7. The van der Waals surface area contributed by atoms with Crippen LogP contribution in [0.1, 0.15) is 46.8 Å². The molecule has 0 aliphatic carbocycles. The zero-order valence-electron chi connectivity index (χ0n) is 24.9. The van der Waals surface area contributed by atoms with Crippen LogP contribution >= 0.6 is 0 Å². The number of nitrogens with two attached hydrogens (primary N) is 1. The Bertz CT molecular complexity index is 1790. The number of hydrogen-bond donors (Lipinski definition) is 1. The average Bonchev–Trinajstić information content (AvgIpc) is 3.35. The SMILES string of the molecule is CN(CCN1CCC2(CC1)OCc1c2c(=O)n(C[C@H](N)c2ccccc2)c(=O)n1Cc1c(F)cccc1C(F)(F)F)S(C)(=O)=O. The van der Waals surface area contributed by atoms with Crippen molar-refractivity contribution in [2.45, 2.75) is 50.4 Å². The maximum absolute atomic E-state index is 15.0. The second-order valence-corrected chi connectivity index (χ2v) is 13.7. The van der Waals surface area contributed by atoms with E-state index in [-0.39, 0.29) is 31.0 Å². The molecule has 1 aromatic heterocycles. The molecule has 45 heavy (non-hydrogen) atoms. The number of benzene rings is 2. The maximum Gasteiger partial charge on any atom is 0.416 e. The summed E-state index contributed by atoms with van der Waals surface area (Å²) in [7, 11) is -1.87. The minimum atomic E-state index is -4.88. The van der Waals surface area contributed by atoms with Gasteiger partial charge in [0.2, 0.25) is 10.0 Å². The monoisotopic (exact) mass is 653 g/mol. The topological polar surface area (TPSA) is 120 Å². The van der Waals surface area contributed by atoms with Crippen molar-refractivity contribution in [3.63, 3.8) is 0 Å². The second kappa shape index (κ2) is 12.4. The fourth-order valence-electron chi connectivity index (χ4n) is 6.08. The van der Waals surface area contributed by atoms with Crippen molar-refractivity contribution in [2.24, 2.45) is 5.73 Å². The summed E-state index contributed by atoms with van der Waals surface area (Å²) in [5.74, 6) is -1.13. The number of sulfonamides is 1. The number of ether oxygens (including phenoxy) is 1. The molecule has 3 aromatic rings. The molecule has 244 valence electrons. The van der Waals surface area contributed by atoms with Crippen LogP contribution in [-0.2, 0) is 46.2 Å². The highest BCUT2D eigenvalue weighted by atomic mass is 32.2. The van der Waals surface area contributed by atoms with Gasteiger partial charge in [-0.2, -0.15) is 13.2 Å². The molecule has 2 aliphatic heterocycles. The molecule has 0 bridgehead atoms. The van der Waals surface area contributed by atoms with Gasteiger partial charge in [0.1, 0.15) is 11.4 Å². The van der Waals surface area contributed by atoms with E-state index >= 15 is 0 Å². The first-order chi connectivity index (χ1) is 21.1. The quantitative estimate of drug-likeness (QED) is 0.353. The van der Waals surface area contributed by atoms with Crippen LogP contribution in [0, 0.1) is 5.82 Å². The van der Waals surface area contributed by atoms with Crippen molar-refractivity contribution in [1.82, 2.24) is 18.3 Å². The van der Waals surface area contributed by atoms with E-state index in [1.807, 2.05) is 4.90 Å². The van der Waals surface area contributed by atoms with Gasteiger partial charge in [-0.1, -0.05) is 36.4 Å². The number of hydrogen-bond acceptors (Lipinski definition) is 7. The lowest BCUT2D eigenvalue weighted by molar-refractivity contribution is -0.138. The summed E-state index contributed by atoms with van der Waals surface area (Å²) >= 11 is 0. The molecule has 2 N–H and O–H groups in total. The number of likely N-dealkylation sites (tertiary alicyclic amines) is 1. The summed E-state index contributed by atoms with van der Waals surface area (Å²) in [5, 5.41) is 0. The zero-order valence-corrected chi connectivity index (χ0v) is 25.7. The molecule has 1 saturated heterocycles. The van der Waals surface area contributed by atoms with Gasteiger partial charge in [0, 0.05) is 44.8 Å². The van der Waals surface area contributed by atoms with Gasteiger partial charge in [-0.15, -0.1) is 0 Å². The van der Waals surface area contributed by atoms with E-state index in [1.54, 1.807) is 30.3 Å². The molecule has 2 aliphatic rings. The van der Waals surface area contributed by atoms with E-state index in [1.165, 1.54) is 11.4 Å². The number of likely N-dealkylation sites (N-methyl/N-ethyl adjacent to an activating group) is 1. The number of halogens is 4. The fraction of sp³-hybridized carbons (Fsp3) is 0.467. The van der Waals surface area contributed by atoms with Gasteiger partial charge in [0.15, 0.2) is 0 Å². The predicted octanol–water partition coefficient (Wildman–Crippen LogP) is 2.63. The van der Waals surface area contributed by atoms with Crippen LogP contribution in [-0.4, -0.2) is 66.2 Å². The summed E-state index contributed by atoms with van der Waals surface area (Å²) in [4.78, 5) is 30.0. The lowest BCUT2D eigenvalue weighted by Gasteiger charge is -2.39. The Morgan fingerprint density at radius 2 is 1.71 bits per heavy atom. The van der Waals surface area contributed by atoms with E-state index in [0.29, 0.717) is 38.0 Å². The highest BCUT2D eigenvalue weighted by molar-refractivity contribution is 7.88. The number of rotatable bonds is 9. The van der Waals surface area contributed by atoms with E-state index in [2.05, 4.69) is 0 Å². The molecule has 1 atom stereocenters. The van der Waals surface area contributed by atoms with E-state index < -0.39 is 62.6 Å². The third-order valence-electron chi connectivity index (χ3n) is 8.78. The Hall–Kier alpha value is -3.37. The normalized spacial score (nSPS) is 17.6. The molecule has 2 aromatic carbocycles. The summed E-state index contributed by atoms with van der Waals surface area (Å²) in [5.41, 5.74) is 2.65. The Balaban J connectivity index is 1.56. The van der Waals surface area contributed by atoms with Crippen LogP contribution in [0.4, 0.5) is 17.6 Å². The first-order valence-electron chi connectivity index (χ1n) is 14.4. The van der Waals surface area contributed by atoms with Crippen LogP contribution in [0.3, 0.4) is 0 Å². The molecule has 3 heterocycles. The summed E-state index contributed by atoms with van der Waals surface area (Å²) < 4.78 is 89.7. The largest absolute Gasteiger partial charge is 0.416 e. The molecular weight excluding hydrogens is 618 g/mol. The molecular formula is C30H35F4N5O5S. The summed E-state index contributed by atoms with van der Waals surface area (Å²) in [6.45, 7) is 0.311. The van der Waals surface area contributed by atoms with Gasteiger partial charge in [0.05, 0.1) is 42.8 Å². The predicted molar refractivity (Wildman–Crippen MR) is 158 cm³/mol. The maximum atomic E-state index is 15.0. The molecule has 1 spiro atoms. The molecule has 1 fully saturated rings. The van der Waals surface area contributed by atoms with Gasteiger partial charge in [-0.25, -0.2) is 21.9 Å². The first kappa shape index (κ1) is 33.0. The van der Waals surface area contributed by atoms with E-state index in [4.69, 9.17) is 10.5 Å². The fourth-order valence-corrected chi connectivity index (χ4v) is 6.49. The lowest BCUT2D eigenvalue weighted by atomic mass is 9.85. The molecule has 5 rings (SSSR count). The molecule has 0 radical (unpaired) electrons. The molecule has 0 amide bonds. The molecule has 0 saturated carbocycles. The van der Waals surface area contributed by atoms with Crippen molar-refractivity contribution < 1.29 is 30.7 Å². The minimum Gasteiger partial charge on any atom is -0.364 e. The van der Waals surface area contributed by atoms with Crippen molar-refractivity contribution >= 4 is 10.0 Å². The summed E-state index contributed by atoms with van der Waals surface area (Å²) in [6.07, 6.45) is -3.14. The minimum absolute atomic E-state index is 0.108. The van der Waals surface area contributed by atoms with Gasteiger partial charge in [-0.05, 0) is 30.5 Å². The van der Waals surface area contributed by atoms with Crippen molar-refractivity contribution in [1.29, 1.82) is 0 Å². The van der Waals surface area contributed by atoms with Crippen LogP contribution in [0.15, 0.2) is 58.1 Å². The van der Waals surface area contributed by atoms with Gasteiger partial charge < -0.3 is 15.4 Å². The van der Waals surface area contributed by atoms with Crippen LogP contribution in [0.25, 0.3) is 0 Å². The molecule has 10 nitrogen and oxygen atoms in total. The van der Waals surface area contributed by atoms with Gasteiger partial charge in [0.25, 0.3) is 5.56 Å².